The molecule has 2 atom stereocenters. The van der Waals surface area contributed by atoms with Crippen molar-refractivity contribution in [2.24, 2.45) is 5.92 Å². The van der Waals surface area contributed by atoms with E-state index in [9.17, 15) is 13.2 Å². The minimum atomic E-state index is -3.69. The summed E-state index contributed by atoms with van der Waals surface area (Å²) in [6, 6.07) is 3.64. The number of nitrogen functional groups attached to an aromatic ring is 1. The van der Waals surface area contributed by atoms with E-state index in [-0.39, 0.29) is 22.2 Å². The third-order valence-electron chi connectivity index (χ3n) is 3.92. The van der Waals surface area contributed by atoms with E-state index in [1.807, 2.05) is 6.92 Å². The molecule has 0 amide bonds. The van der Waals surface area contributed by atoms with Gasteiger partial charge < -0.3 is 10.8 Å². The van der Waals surface area contributed by atoms with Crippen LogP contribution in [0.1, 0.15) is 37.0 Å². The molecule has 1 aromatic rings. The Labute approximate surface area is 124 Å². The van der Waals surface area contributed by atoms with Crippen LogP contribution in [0.15, 0.2) is 23.1 Å². The third-order valence-corrected chi connectivity index (χ3v) is 6.01. The predicted molar refractivity (Wildman–Crippen MR) is 79.6 cm³/mol. The number of carboxylic acid groups (broad SMARTS) is 1. The smallest absolute Gasteiger partial charge is 0.335 e. The van der Waals surface area contributed by atoms with Crippen molar-refractivity contribution in [1.82, 2.24) is 4.31 Å². The van der Waals surface area contributed by atoms with Gasteiger partial charge >= 0.3 is 5.97 Å². The van der Waals surface area contributed by atoms with Gasteiger partial charge in [-0.05, 0) is 43.9 Å². The number of nitrogens with two attached hydrogens (primary N) is 1. The van der Waals surface area contributed by atoms with Crippen molar-refractivity contribution in [3.63, 3.8) is 0 Å². The Balaban J connectivity index is 2.38. The number of hydrogen-bond acceptors (Lipinski definition) is 4. The van der Waals surface area contributed by atoms with Gasteiger partial charge in [0.15, 0.2) is 0 Å². The largest absolute Gasteiger partial charge is 0.478 e. The van der Waals surface area contributed by atoms with Crippen molar-refractivity contribution in [3.8, 4) is 0 Å². The first kappa shape index (κ1) is 15.8. The molecule has 0 aromatic heterocycles. The fourth-order valence-corrected chi connectivity index (χ4v) is 4.54. The molecule has 7 heteroatoms. The van der Waals surface area contributed by atoms with Crippen LogP contribution in [0.25, 0.3) is 0 Å². The minimum Gasteiger partial charge on any atom is -0.478 e. The van der Waals surface area contributed by atoms with Gasteiger partial charge in [-0.25, -0.2) is 13.2 Å². The Morgan fingerprint density at radius 2 is 2.05 bits per heavy atom. The molecular formula is C14H20N2O4S. The summed E-state index contributed by atoms with van der Waals surface area (Å²) in [4.78, 5) is 10.9. The number of hydrogen-bond donors (Lipinski definition) is 2. The Hall–Kier alpha value is -1.60. The molecule has 0 saturated carbocycles. The number of sulfonamides is 1. The van der Waals surface area contributed by atoms with E-state index in [1.54, 1.807) is 0 Å². The molecule has 0 radical (unpaired) electrons. The maximum absolute atomic E-state index is 12.7. The molecule has 1 aromatic carbocycles. The fourth-order valence-electron chi connectivity index (χ4n) is 2.79. The molecule has 0 bridgehead atoms. The quantitative estimate of drug-likeness (QED) is 0.828. The van der Waals surface area contributed by atoms with Crippen LogP contribution < -0.4 is 5.73 Å². The second-order valence-corrected chi connectivity index (χ2v) is 7.51. The number of nitrogens with zero attached hydrogens (tertiary/aromatic N) is 1. The highest BCUT2D eigenvalue weighted by Crippen LogP contribution is 2.30. The lowest BCUT2D eigenvalue weighted by Crippen LogP contribution is -2.44. The summed E-state index contributed by atoms with van der Waals surface area (Å²) in [5.74, 6) is -0.635. The highest BCUT2D eigenvalue weighted by atomic mass is 32.2. The van der Waals surface area contributed by atoms with Gasteiger partial charge in [-0.15, -0.1) is 0 Å². The van der Waals surface area contributed by atoms with Crippen LogP contribution in [0.4, 0.5) is 5.69 Å². The summed E-state index contributed by atoms with van der Waals surface area (Å²) in [5.41, 5.74) is 5.71. The zero-order valence-corrected chi connectivity index (χ0v) is 12.9. The predicted octanol–water partition coefficient (Wildman–Crippen LogP) is 1.78. The SMILES string of the molecule is CC1CCN(S(=O)(=O)c2ccc(C(=O)O)cc2N)C(C)C1. The maximum Gasteiger partial charge on any atom is 0.335 e. The van der Waals surface area contributed by atoms with E-state index in [2.05, 4.69) is 6.92 Å². The van der Waals surface area contributed by atoms with Crippen molar-refractivity contribution < 1.29 is 18.3 Å². The molecule has 1 aliphatic heterocycles. The van der Waals surface area contributed by atoms with Crippen molar-refractivity contribution in [2.75, 3.05) is 12.3 Å². The standard InChI is InChI=1S/C14H20N2O4S/c1-9-5-6-16(10(2)7-9)21(19,20)13-4-3-11(14(17)18)8-12(13)15/h3-4,8-10H,5-7,15H2,1-2H3,(H,17,18). The second kappa shape index (κ2) is 5.65. The summed E-state index contributed by atoms with van der Waals surface area (Å²) in [7, 11) is -3.69. The van der Waals surface area contributed by atoms with Crippen molar-refractivity contribution in [2.45, 2.75) is 37.6 Å². The Bertz CT molecular complexity index is 657. The molecule has 0 aliphatic carbocycles. The molecule has 1 saturated heterocycles. The third kappa shape index (κ3) is 3.03. The van der Waals surface area contributed by atoms with Crippen LogP contribution in [0.2, 0.25) is 0 Å². The van der Waals surface area contributed by atoms with Crippen LogP contribution in [0, 0.1) is 5.92 Å². The zero-order chi connectivity index (χ0) is 15.8. The summed E-state index contributed by atoms with van der Waals surface area (Å²) in [6.07, 6.45) is 1.63. The van der Waals surface area contributed by atoms with Crippen LogP contribution in [-0.4, -0.2) is 36.4 Å². The van der Waals surface area contributed by atoms with Crippen LogP contribution in [0.5, 0.6) is 0 Å². The first-order valence-electron chi connectivity index (χ1n) is 6.88. The second-order valence-electron chi connectivity index (χ2n) is 5.65. The Kier molecular flexibility index (Phi) is 4.25. The van der Waals surface area contributed by atoms with E-state index in [4.69, 9.17) is 10.8 Å². The topological polar surface area (TPSA) is 101 Å². The molecule has 2 rings (SSSR count). The van der Waals surface area contributed by atoms with Gasteiger partial charge in [0.1, 0.15) is 4.90 Å². The normalized spacial score (nSPS) is 23.9. The summed E-state index contributed by atoms with van der Waals surface area (Å²) in [6.45, 7) is 4.45. The van der Waals surface area contributed by atoms with Crippen molar-refractivity contribution >= 4 is 21.7 Å². The monoisotopic (exact) mass is 312 g/mol. The minimum absolute atomic E-state index is 0.0195. The average molecular weight is 312 g/mol. The Morgan fingerprint density at radius 1 is 1.38 bits per heavy atom. The number of carbonyl (C=O) groups is 1. The number of benzene rings is 1. The van der Waals surface area contributed by atoms with Crippen LogP contribution in [0.3, 0.4) is 0 Å². The number of anilines is 1. The average Bonchev–Trinajstić information content (AvgIpc) is 2.37. The molecular weight excluding hydrogens is 292 g/mol. The fraction of sp³-hybridized carbons (Fsp3) is 0.500. The van der Waals surface area contributed by atoms with Gasteiger partial charge in [-0.2, -0.15) is 4.31 Å². The van der Waals surface area contributed by atoms with Gasteiger partial charge in [-0.1, -0.05) is 6.92 Å². The molecule has 21 heavy (non-hydrogen) atoms. The van der Waals surface area contributed by atoms with Gasteiger partial charge in [0.2, 0.25) is 10.0 Å². The lowest BCUT2D eigenvalue weighted by molar-refractivity contribution is 0.0697. The lowest BCUT2D eigenvalue weighted by atomic mass is 9.95. The van der Waals surface area contributed by atoms with E-state index in [1.165, 1.54) is 22.5 Å². The Morgan fingerprint density at radius 3 is 2.57 bits per heavy atom. The number of rotatable bonds is 3. The number of carboxylic acids is 1. The first-order valence-corrected chi connectivity index (χ1v) is 8.32. The molecule has 0 spiro atoms. The lowest BCUT2D eigenvalue weighted by Gasteiger charge is -2.35. The summed E-state index contributed by atoms with van der Waals surface area (Å²) >= 11 is 0. The van der Waals surface area contributed by atoms with E-state index in [0.29, 0.717) is 12.5 Å². The van der Waals surface area contributed by atoms with Crippen molar-refractivity contribution in [3.05, 3.63) is 23.8 Å². The molecule has 3 N–H and O–H groups in total. The molecule has 6 nitrogen and oxygen atoms in total. The molecule has 116 valence electrons. The van der Waals surface area contributed by atoms with E-state index < -0.39 is 16.0 Å². The maximum atomic E-state index is 12.7. The highest BCUT2D eigenvalue weighted by molar-refractivity contribution is 7.89. The first-order chi connectivity index (χ1) is 9.73. The van der Waals surface area contributed by atoms with Gasteiger partial charge in [-0.3, -0.25) is 0 Å². The highest BCUT2D eigenvalue weighted by Gasteiger charge is 2.34. The number of aromatic carboxylic acids is 1. The van der Waals surface area contributed by atoms with E-state index >= 15 is 0 Å². The molecule has 2 unspecified atom stereocenters. The van der Waals surface area contributed by atoms with Crippen LogP contribution >= 0.6 is 0 Å². The number of piperidine rings is 1. The molecule has 1 aliphatic rings. The van der Waals surface area contributed by atoms with Crippen molar-refractivity contribution in [1.29, 1.82) is 0 Å². The van der Waals surface area contributed by atoms with Gasteiger partial charge in [0.25, 0.3) is 0 Å². The summed E-state index contributed by atoms with van der Waals surface area (Å²) in [5, 5.41) is 8.91. The molecule has 1 fully saturated rings. The van der Waals surface area contributed by atoms with Gasteiger partial charge in [0.05, 0.1) is 11.3 Å². The zero-order valence-electron chi connectivity index (χ0n) is 12.1. The summed E-state index contributed by atoms with van der Waals surface area (Å²) < 4.78 is 26.9. The van der Waals surface area contributed by atoms with Gasteiger partial charge in [0, 0.05) is 12.6 Å². The molecule has 1 heterocycles. The van der Waals surface area contributed by atoms with Crippen LogP contribution in [-0.2, 0) is 10.0 Å². The van der Waals surface area contributed by atoms with E-state index in [0.717, 1.165) is 12.8 Å².